The van der Waals surface area contributed by atoms with E-state index >= 15 is 0 Å². The Balaban J connectivity index is 1.81. The molecule has 0 saturated carbocycles. The average molecular weight is 471 g/mol. The van der Waals surface area contributed by atoms with Gasteiger partial charge in [0.1, 0.15) is 0 Å². The highest BCUT2D eigenvalue weighted by molar-refractivity contribution is 7.99. The largest absolute Gasteiger partial charge is 0.399 e. The molecule has 1 heterocycles. The molecule has 0 aliphatic carbocycles. The van der Waals surface area contributed by atoms with Gasteiger partial charge in [-0.25, -0.2) is 0 Å². The molecule has 5 rings (SSSR count). The molecule has 4 aromatic rings. The lowest BCUT2D eigenvalue weighted by molar-refractivity contribution is -0.385. The third kappa shape index (κ3) is 3.65. The number of nitrogen functional groups attached to an aromatic ring is 2. The van der Waals surface area contributed by atoms with Crippen LogP contribution in [0.5, 0.6) is 0 Å². The molecule has 0 fully saturated rings. The van der Waals surface area contributed by atoms with E-state index < -0.39 is 9.85 Å². The quantitative estimate of drug-likeness (QED) is 0.159. The van der Waals surface area contributed by atoms with Crippen LogP contribution in [-0.2, 0) is 0 Å². The van der Waals surface area contributed by atoms with Crippen molar-refractivity contribution in [3.63, 3.8) is 0 Å². The maximum atomic E-state index is 11.5. The lowest BCUT2D eigenvalue weighted by Gasteiger charge is -2.27. The zero-order valence-electron chi connectivity index (χ0n) is 17.5. The number of non-ortho nitro benzene ring substituents is 2. The molecule has 0 saturated heterocycles. The SMILES string of the molecule is Nc1ccc2c(c1)Sc1cc(N)c(-c3cccc([N+](=O)[O-])c3)c(-c3cccc([N+](=O)[O-])c3)c1N2. The first-order valence-corrected chi connectivity index (χ1v) is 10.9. The van der Waals surface area contributed by atoms with Gasteiger partial charge in [0, 0.05) is 56.6 Å². The minimum absolute atomic E-state index is 0.0738. The second kappa shape index (κ2) is 8.09. The number of nitrogens with one attached hydrogen (secondary N) is 1. The normalized spacial score (nSPS) is 11.8. The molecule has 34 heavy (non-hydrogen) atoms. The zero-order valence-corrected chi connectivity index (χ0v) is 18.3. The van der Waals surface area contributed by atoms with E-state index in [-0.39, 0.29) is 11.4 Å². The molecular weight excluding hydrogens is 454 g/mol. The van der Waals surface area contributed by atoms with Gasteiger partial charge in [-0.3, -0.25) is 20.2 Å². The topological polar surface area (TPSA) is 150 Å². The van der Waals surface area contributed by atoms with E-state index in [0.29, 0.717) is 39.3 Å². The molecular formula is C24H17N5O4S. The van der Waals surface area contributed by atoms with Crippen molar-refractivity contribution in [2.24, 2.45) is 0 Å². The molecule has 0 radical (unpaired) electrons. The van der Waals surface area contributed by atoms with Gasteiger partial charge in [-0.2, -0.15) is 0 Å². The average Bonchev–Trinajstić information content (AvgIpc) is 2.82. The third-order valence-corrected chi connectivity index (χ3v) is 6.60. The Labute approximate surface area is 197 Å². The minimum atomic E-state index is -0.472. The molecule has 0 bridgehead atoms. The van der Waals surface area contributed by atoms with Crippen molar-refractivity contribution >= 4 is 45.9 Å². The third-order valence-electron chi connectivity index (χ3n) is 5.50. The van der Waals surface area contributed by atoms with Crippen molar-refractivity contribution in [3.05, 3.63) is 93.0 Å². The monoisotopic (exact) mass is 471 g/mol. The van der Waals surface area contributed by atoms with E-state index in [1.807, 2.05) is 12.1 Å². The first-order chi connectivity index (χ1) is 16.3. The number of fused-ring (bicyclic) bond motifs is 2. The highest BCUT2D eigenvalue weighted by Crippen LogP contribution is 2.53. The summed E-state index contributed by atoms with van der Waals surface area (Å²) >= 11 is 1.48. The summed E-state index contributed by atoms with van der Waals surface area (Å²) < 4.78 is 0. The first kappa shape index (κ1) is 21.3. The molecule has 0 spiro atoms. The fourth-order valence-corrected chi connectivity index (χ4v) is 5.11. The van der Waals surface area contributed by atoms with Crippen LogP contribution in [-0.4, -0.2) is 9.85 Å². The molecule has 5 N–H and O–H groups in total. The van der Waals surface area contributed by atoms with E-state index in [0.717, 1.165) is 15.5 Å². The van der Waals surface area contributed by atoms with E-state index in [4.69, 9.17) is 11.5 Å². The predicted molar refractivity (Wildman–Crippen MR) is 133 cm³/mol. The van der Waals surface area contributed by atoms with Crippen LogP contribution in [0.2, 0.25) is 0 Å². The Kier molecular flexibility index (Phi) is 5.06. The summed E-state index contributed by atoms with van der Waals surface area (Å²) in [6.45, 7) is 0. The minimum Gasteiger partial charge on any atom is -0.399 e. The molecule has 0 atom stereocenters. The summed E-state index contributed by atoms with van der Waals surface area (Å²) in [5.74, 6) is 0. The van der Waals surface area contributed by atoms with E-state index in [2.05, 4.69) is 5.32 Å². The van der Waals surface area contributed by atoms with Crippen LogP contribution in [0, 0.1) is 20.2 Å². The number of nitro benzene ring substituents is 2. The van der Waals surface area contributed by atoms with Gasteiger partial charge in [-0.15, -0.1) is 0 Å². The summed E-state index contributed by atoms with van der Waals surface area (Å²) in [6.07, 6.45) is 0. The Morgan fingerprint density at radius 2 is 1.35 bits per heavy atom. The van der Waals surface area contributed by atoms with Crippen molar-refractivity contribution in [2.75, 3.05) is 16.8 Å². The summed E-state index contributed by atoms with van der Waals surface area (Å²) in [4.78, 5) is 23.7. The molecule has 0 amide bonds. The maximum absolute atomic E-state index is 11.5. The van der Waals surface area contributed by atoms with Gasteiger partial charge >= 0.3 is 0 Å². The van der Waals surface area contributed by atoms with Gasteiger partial charge in [0.15, 0.2) is 0 Å². The Bertz CT molecular complexity index is 1510. The maximum Gasteiger partial charge on any atom is 0.270 e. The van der Waals surface area contributed by atoms with Gasteiger partial charge in [-0.1, -0.05) is 36.0 Å². The number of anilines is 4. The van der Waals surface area contributed by atoms with Crippen LogP contribution < -0.4 is 16.8 Å². The van der Waals surface area contributed by atoms with Crippen LogP contribution in [0.1, 0.15) is 0 Å². The van der Waals surface area contributed by atoms with Crippen molar-refractivity contribution in [2.45, 2.75) is 9.79 Å². The standard InChI is InChI=1S/C24H17N5O4S/c25-15-7-8-19-20(11-15)34-21-12-18(26)22(13-3-1-5-16(9-13)28(30)31)23(24(21)27-19)14-4-2-6-17(10-14)29(32)33/h1-12,27H,25-26H2. The number of benzene rings is 4. The van der Waals surface area contributed by atoms with Crippen LogP contribution in [0.3, 0.4) is 0 Å². The van der Waals surface area contributed by atoms with Gasteiger partial charge in [0.2, 0.25) is 0 Å². The van der Waals surface area contributed by atoms with E-state index in [1.165, 1.54) is 36.0 Å². The second-order valence-electron chi connectivity index (χ2n) is 7.69. The van der Waals surface area contributed by atoms with Gasteiger partial charge in [0.25, 0.3) is 11.4 Å². The van der Waals surface area contributed by atoms with E-state index in [9.17, 15) is 20.2 Å². The molecule has 0 unspecified atom stereocenters. The molecule has 9 nitrogen and oxygen atoms in total. The van der Waals surface area contributed by atoms with Crippen molar-refractivity contribution < 1.29 is 9.85 Å². The summed E-state index contributed by atoms with van der Waals surface area (Å²) in [5.41, 5.74) is 17.1. The highest BCUT2D eigenvalue weighted by Gasteiger charge is 2.26. The number of hydrogen-bond donors (Lipinski definition) is 3. The smallest absolute Gasteiger partial charge is 0.270 e. The van der Waals surface area contributed by atoms with Crippen LogP contribution in [0.4, 0.5) is 34.1 Å². The van der Waals surface area contributed by atoms with Gasteiger partial charge in [0.05, 0.1) is 21.2 Å². The van der Waals surface area contributed by atoms with Crippen molar-refractivity contribution in [1.82, 2.24) is 0 Å². The summed E-state index contributed by atoms with van der Waals surface area (Å²) in [6, 6.07) is 19.7. The predicted octanol–water partition coefficient (Wildman–Crippen LogP) is 6.21. The highest BCUT2D eigenvalue weighted by atomic mass is 32.2. The number of hydrogen-bond acceptors (Lipinski definition) is 8. The lowest BCUT2D eigenvalue weighted by Crippen LogP contribution is -2.06. The fraction of sp³-hybridized carbons (Fsp3) is 0. The van der Waals surface area contributed by atoms with Crippen LogP contribution >= 0.6 is 11.8 Å². The van der Waals surface area contributed by atoms with E-state index in [1.54, 1.807) is 36.4 Å². The molecule has 1 aliphatic rings. The van der Waals surface area contributed by atoms with Crippen LogP contribution in [0.25, 0.3) is 22.3 Å². The molecule has 1 aliphatic heterocycles. The van der Waals surface area contributed by atoms with Gasteiger partial charge < -0.3 is 16.8 Å². The first-order valence-electron chi connectivity index (χ1n) is 10.1. The Morgan fingerprint density at radius 3 is 1.97 bits per heavy atom. The van der Waals surface area contributed by atoms with Gasteiger partial charge in [-0.05, 0) is 35.4 Å². The molecule has 168 valence electrons. The zero-order chi connectivity index (χ0) is 24.0. The lowest BCUT2D eigenvalue weighted by atomic mass is 9.90. The number of nitrogens with zero attached hydrogens (tertiary/aromatic N) is 2. The number of rotatable bonds is 4. The molecule has 4 aromatic carbocycles. The Morgan fingerprint density at radius 1 is 0.735 bits per heavy atom. The fourth-order valence-electron chi connectivity index (χ4n) is 4.01. The number of nitro groups is 2. The van der Waals surface area contributed by atoms with Crippen LogP contribution in [0.15, 0.2) is 82.6 Å². The molecule has 0 aromatic heterocycles. The van der Waals surface area contributed by atoms with Crippen molar-refractivity contribution in [1.29, 1.82) is 0 Å². The number of nitrogens with two attached hydrogens (primary N) is 2. The second-order valence-corrected chi connectivity index (χ2v) is 8.77. The Hall–Kier alpha value is -4.57. The molecule has 10 heteroatoms. The summed E-state index contributed by atoms with van der Waals surface area (Å²) in [5, 5.41) is 26.3. The summed E-state index contributed by atoms with van der Waals surface area (Å²) in [7, 11) is 0. The van der Waals surface area contributed by atoms with Crippen molar-refractivity contribution in [3.8, 4) is 22.3 Å².